The minimum Gasteiger partial charge on any atom is -0.422 e. The fourth-order valence-electron chi connectivity index (χ4n) is 2.92. The second kappa shape index (κ2) is 7.28. The van der Waals surface area contributed by atoms with Gasteiger partial charge in [-0.1, -0.05) is 35.0 Å². The number of anilines is 2. The first kappa shape index (κ1) is 18.9. The van der Waals surface area contributed by atoms with E-state index in [1.807, 2.05) is 0 Å². The third kappa shape index (κ3) is 3.26. The van der Waals surface area contributed by atoms with Crippen LogP contribution < -0.4 is 4.31 Å². The number of thiophene rings is 1. The molecule has 0 bridgehead atoms. The van der Waals surface area contributed by atoms with Crippen molar-refractivity contribution in [3.8, 4) is 10.6 Å². The molecule has 10 heteroatoms. The number of para-hydroxylation sites is 1. The van der Waals surface area contributed by atoms with Crippen molar-refractivity contribution < 1.29 is 17.4 Å². The van der Waals surface area contributed by atoms with Gasteiger partial charge in [0.25, 0.3) is 10.0 Å². The number of hydrogen-bond acceptors (Lipinski definition) is 7. The third-order valence-electron chi connectivity index (χ3n) is 4.27. The van der Waals surface area contributed by atoms with Crippen LogP contribution in [0.15, 0.2) is 86.1 Å². The first-order valence-corrected chi connectivity index (χ1v) is 11.3. The Kier molecular flexibility index (Phi) is 4.58. The van der Waals surface area contributed by atoms with Crippen molar-refractivity contribution in [3.63, 3.8) is 0 Å². The molecule has 3 heterocycles. The normalized spacial score (nSPS) is 11.8. The predicted molar refractivity (Wildman–Crippen MR) is 115 cm³/mol. The van der Waals surface area contributed by atoms with Crippen molar-refractivity contribution in [3.05, 3.63) is 78.0 Å². The van der Waals surface area contributed by atoms with Crippen molar-refractivity contribution in [2.45, 2.75) is 4.21 Å². The molecule has 0 aliphatic carbocycles. The van der Waals surface area contributed by atoms with Gasteiger partial charge in [-0.15, -0.1) is 11.3 Å². The van der Waals surface area contributed by atoms with Crippen LogP contribution in [0.2, 0.25) is 5.02 Å². The maximum atomic E-state index is 13.6. The molecule has 0 amide bonds. The van der Waals surface area contributed by atoms with Crippen molar-refractivity contribution in [2.75, 3.05) is 4.31 Å². The van der Waals surface area contributed by atoms with E-state index in [1.165, 1.54) is 12.3 Å². The summed E-state index contributed by atoms with van der Waals surface area (Å²) in [5.41, 5.74) is 1.85. The number of oxazole rings is 1. The fourth-order valence-corrected chi connectivity index (χ4v) is 5.80. The van der Waals surface area contributed by atoms with Gasteiger partial charge in [0.05, 0.1) is 10.6 Å². The molecule has 150 valence electrons. The zero-order valence-corrected chi connectivity index (χ0v) is 17.5. The van der Waals surface area contributed by atoms with Gasteiger partial charge in [-0.3, -0.25) is 0 Å². The number of aromatic nitrogens is 2. The monoisotopic (exact) mass is 457 g/mol. The smallest absolute Gasteiger partial charge is 0.317 e. The lowest BCUT2D eigenvalue weighted by Crippen LogP contribution is -2.25. The van der Waals surface area contributed by atoms with E-state index < -0.39 is 10.0 Å². The standard InChI is InChI=1S/C20H12ClN3O4S2/c21-13-6-7-17-16(12-13)22-20(28-17)24(14-4-2-1-3-5-14)30(25,26)19-9-8-18(29-19)15-10-11-27-23-15/h1-12H. The SMILES string of the molecule is O=S(=O)(c1ccc(-c2ccon2)s1)N(c1ccccc1)c1nc2cc(Cl)ccc2o1. The molecule has 30 heavy (non-hydrogen) atoms. The van der Waals surface area contributed by atoms with Crippen LogP contribution in [0.1, 0.15) is 0 Å². The lowest BCUT2D eigenvalue weighted by Gasteiger charge is -2.19. The van der Waals surface area contributed by atoms with E-state index in [0.717, 1.165) is 15.6 Å². The second-order valence-electron chi connectivity index (χ2n) is 6.22. The van der Waals surface area contributed by atoms with Crippen LogP contribution in [-0.2, 0) is 10.0 Å². The molecule has 0 saturated heterocycles. The van der Waals surface area contributed by atoms with Crippen molar-refractivity contribution in [1.82, 2.24) is 10.1 Å². The average molecular weight is 458 g/mol. The van der Waals surface area contributed by atoms with Gasteiger partial charge >= 0.3 is 6.01 Å². The minimum atomic E-state index is -4.03. The molecule has 0 fully saturated rings. The Morgan fingerprint density at radius 3 is 2.60 bits per heavy atom. The van der Waals surface area contributed by atoms with Gasteiger partial charge < -0.3 is 8.94 Å². The Morgan fingerprint density at radius 2 is 1.83 bits per heavy atom. The summed E-state index contributed by atoms with van der Waals surface area (Å²) in [5.74, 6) is 0. The Hall–Kier alpha value is -3.14. The molecular formula is C20H12ClN3O4S2. The highest BCUT2D eigenvalue weighted by Crippen LogP contribution is 2.38. The van der Waals surface area contributed by atoms with E-state index in [0.29, 0.717) is 32.4 Å². The van der Waals surface area contributed by atoms with Crippen LogP contribution in [0.4, 0.5) is 11.7 Å². The summed E-state index contributed by atoms with van der Waals surface area (Å²) in [5, 5.41) is 4.34. The number of benzene rings is 2. The maximum absolute atomic E-state index is 13.6. The van der Waals surface area contributed by atoms with Gasteiger partial charge in [0.1, 0.15) is 21.7 Å². The minimum absolute atomic E-state index is 0.0742. The molecule has 5 rings (SSSR count). The summed E-state index contributed by atoms with van der Waals surface area (Å²) >= 11 is 7.12. The summed E-state index contributed by atoms with van der Waals surface area (Å²) in [6, 6.07) is 18.4. The van der Waals surface area contributed by atoms with E-state index in [4.69, 9.17) is 20.5 Å². The number of nitrogens with zero attached hydrogens (tertiary/aromatic N) is 3. The van der Waals surface area contributed by atoms with Crippen molar-refractivity contribution in [2.24, 2.45) is 0 Å². The molecule has 0 N–H and O–H groups in total. The van der Waals surface area contributed by atoms with Gasteiger partial charge in [0.2, 0.25) is 0 Å². The summed E-state index contributed by atoms with van der Waals surface area (Å²) in [7, 11) is -4.03. The highest BCUT2D eigenvalue weighted by molar-refractivity contribution is 7.95. The number of halogens is 1. The number of sulfonamides is 1. The lowest BCUT2D eigenvalue weighted by atomic mass is 10.3. The molecule has 0 atom stereocenters. The maximum Gasteiger partial charge on any atom is 0.317 e. The topological polar surface area (TPSA) is 89.4 Å². The fraction of sp³-hybridized carbons (Fsp3) is 0. The van der Waals surface area contributed by atoms with Crippen LogP contribution in [0.3, 0.4) is 0 Å². The van der Waals surface area contributed by atoms with Crippen molar-refractivity contribution in [1.29, 1.82) is 0 Å². The largest absolute Gasteiger partial charge is 0.422 e. The number of fused-ring (bicyclic) bond motifs is 1. The number of rotatable bonds is 5. The van der Waals surface area contributed by atoms with Crippen LogP contribution in [0.5, 0.6) is 0 Å². The summed E-state index contributed by atoms with van der Waals surface area (Å²) in [6.07, 6.45) is 1.43. The highest BCUT2D eigenvalue weighted by Gasteiger charge is 2.32. The lowest BCUT2D eigenvalue weighted by molar-refractivity contribution is 0.422. The molecular weight excluding hydrogens is 446 g/mol. The van der Waals surface area contributed by atoms with E-state index >= 15 is 0 Å². The van der Waals surface area contributed by atoms with Gasteiger partial charge in [-0.25, -0.2) is 0 Å². The molecule has 7 nitrogen and oxygen atoms in total. The average Bonchev–Trinajstić information content (AvgIpc) is 3.48. The van der Waals surface area contributed by atoms with Gasteiger partial charge in [0, 0.05) is 11.1 Å². The van der Waals surface area contributed by atoms with Crippen LogP contribution >= 0.6 is 22.9 Å². The van der Waals surface area contributed by atoms with E-state index in [9.17, 15) is 8.42 Å². The predicted octanol–water partition coefficient (Wildman–Crippen LogP) is 5.72. The Bertz CT molecular complexity index is 1430. The second-order valence-corrected chi connectivity index (χ2v) is 9.75. The van der Waals surface area contributed by atoms with E-state index in [2.05, 4.69) is 10.1 Å². The van der Waals surface area contributed by atoms with Gasteiger partial charge in [-0.2, -0.15) is 17.7 Å². The molecule has 0 spiro atoms. The van der Waals surface area contributed by atoms with Crippen LogP contribution in [0.25, 0.3) is 21.7 Å². The van der Waals surface area contributed by atoms with Crippen LogP contribution in [0, 0.1) is 0 Å². The molecule has 3 aromatic heterocycles. The zero-order chi connectivity index (χ0) is 20.7. The Morgan fingerprint density at radius 1 is 1.00 bits per heavy atom. The summed E-state index contributed by atoms with van der Waals surface area (Å²) in [4.78, 5) is 5.04. The number of hydrogen-bond donors (Lipinski definition) is 0. The molecule has 5 aromatic rings. The molecule has 2 aromatic carbocycles. The van der Waals surface area contributed by atoms with Gasteiger partial charge in [-0.05, 0) is 42.5 Å². The summed E-state index contributed by atoms with van der Waals surface area (Å²) in [6.45, 7) is 0. The first-order valence-electron chi connectivity index (χ1n) is 8.69. The molecule has 0 aliphatic heterocycles. The Balaban J connectivity index is 1.66. The zero-order valence-electron chi connectivity index (χ0n) is 15.1. The Labute approximate surface area is 180 Å². The van der Waals surface area contributed by atoms with E-state index in [1.54, 1.807) is 60.7 Å². The summed E-state index contributed by atoms with van der Waals surface area (Å²) < 4.78 is 39.1. The molecule has 0 aliphatic rings. The van der Waals surface area contributed by atoms with E-state index in [-0.39, 0.29) is 10.2 Å². The van der Waals surface area contributed by atoms with Crippen molar-refractivity contribution >= 4 is 55.8 Å². The van der Waals surface area contributed by atoms with Gasteiger partial charge in [0.15, 0.2) is 5.58 Å². The quantitative estimate of drug-likeness (QED) is 0.335. The van der Waals surface area contributed by atoms with Crippen LogP contribution in [-0.4, -0.2) is 18.6 Å². The third-order valence-corrected chi connectivity index (χ3v) is 7.78. The molecule has 0 radical (unpaired) electrons. The molecule has 0 saturated carbocycles. The molecule has 0 unspecified atom stereocenters. The highest BCUT2D eigenvalue weighted by atomic mass is 35.5. The first-order chi connectivity index (χ1) is 14.5.